The number of nitrogens with zero attached hydrogens (tertiary/aromatic N) is 1. The highest BCUT2D eigenvalue weighted by Gasteiger charge is 2.13. The normalized spacial score (nSPS) is 11.2. The van der Waals surface area contributed by atoms with Crippen molar-refractivity contribution in [2.24, 2.45) is 0 Å². The SMILES string of the molecule is CCCS(=O)(=O)Nc1cccc(C(=O)Nc2cccc3c(OC)ccnc23)c1. The zero-order valence-electron chi connectivity index (χ0n) is 15.6. The van der Waals surface area contributed by atoms with Crippen molar-refractivity contribution in [2.75, 3.05) is 22.9 Å². The Bertz CT molecular complexity index is 1110. The molecule has 0 radical (unpaired) electrons. The van der Waals surface area contributed by atoms with Crippen LogP contribution in [0.25, 0.3) is 10.9 Å². The van der Waals surface area contributed by atoms with E-state index >= 15 is 0 Å². The topological polar surface area (TPSA) is 97.4 Å². The van der Waals surface area contributed by atoms with Crippen molar-refractivity contribution >= 4 is 38.2 Å². The number of hydrogen-bond donors (Lipinski definition) is 2. The molecule has 0 aliphatic carbocycles. The number of carbonyl (C=O) groups excluding carboxylic acids is 1. The van der Waals surface area contributed by atoms with Gasteiger partial charge in [0.05, 0.1) is 24.1 Å². The number of para-hydroxylation sites is 1. The van der Waals surface area contributed by atoms with Gasteiger partial charge in [0.25, 0.3) is 5.91 Å². The molecule has 0 bridgehead atoms. The maximum Gasteiger partial charge on any atom is 0.255 e. The molecular formula is C20H21N3O4S. The van der Waals surface area contributed by atoms with Gasteiger partial charge in [-0.3, -0.25) is 14.5 Å². The lowest BCUT2D eigenvalue weighted by molar-refractivity contribution is 0.102. The first-order valence-electron chi connectivity index (χ1n) is 8.77. The van der Waals surface area contributed by atoms with E-state index in [1.807, 2.05) is 6.07 Å². The minimum Gasteiger partial charge on any atom is -0.496 e. The molecule has 0 saturated heterocycles. The maximum absolute atomic E-state index is 12.7. The highest BCUT2D eigenvalue weighted by molar-refractivity contribution is 7.92. The van der Waals surface area contributed by atoms with E-state index in [-0.39, 0.29) is 11.7 Å². The molecule has 2 aromatic carbocycles. The standard InChI is InChI=1S/C20H21N3O4S/c1-3-12-28(25,26)23-15-7-4-6-14(13-15)20(24)22-17-9-5-8-16-18(27-2)10-11-21-19(16)17/h4-11,13,23H,3,12H2,1-2H3,(H,22,24). The van der Waals surface area contributed by atoms with Crippen molar-refractivity contribution in [1.29, 1.82) is 0 Å². The molecule has 0 unspecified atom stereocenters. The number of sulfonamides is 1. The number of amides is 1. The van der Waals surface area contributed by atoms with E-state index in [1.165, 1.54) is 6.07 Å². The first kappa shape index (κ1) is 19.6. The van der Waals surface area contributed by atoms with Crippen molar-refractivity contribution in [3.63, 3.8) is 0 Å². The smallest absolute Gasteiger partial charge is 0.255 e. The number of rotatable bonds is 7. The summed E-state index contributed by atoms with van der Waals surface area (Å²) in [7, 11) is -1.85. The molecule has 1 amide bonds. The van der Waals surface area contributed by atoms with Gasteiger partial charge in [-0.15, -0.1) is 0 Å². The molecule has 3 rings (SSSR count). The van der Waals surface area contributed by atoms with Crippen LogP contribution in [0.2, 0.25) is 0 Å². The Hall–Kier alpha value is -3.13. The molecule has 0 fully saturated rings. The van der Waals surface area contributed by atoms with E-state index in [4.69, 9.17) is 4.74 Å². The van der Waals surface area contributed by atoms with Gasteiger partial charge in [-0.25, -0.2) is 8.42 Å². The third-order valence-corrected chi connectivity index (χ3v) is 5.56. The van der Waals surface area contributed by atoms with Crippen LogP contribution < -0.4 is 14.8 Å². The molecule has 28 heavy (non-hydrogen) atoms. The summed E-state index contributed by atoms with van der Waals surface area (Å²) < 4.78 is 31.7. The third-order valence-electron chi connectivity index (χ3n) is 4.07. The summed E-state index contributed by atoms with van der Waals surface area (Å²) in [6.45, 7) is 1.79. The van der Waals surface area contributed by atoms with Crippen LogP contribution >= 0.6 is 0 Å². The molecular weight excluding hydrogens is 378 g/mol. The van der Waals surface area contributed by atoms with Gasteiger partial charge in [0.15, 0.2) is 0 Å². The van der Waals surface area contributed by atoms with Crippen LogP contribution in [-0.4, -0.2) is 32.2 Å². The molecule has 0 aliphatic heterocycles. The summed E-state index contributed by atoms with van der Waals surface area (Å²) in [5.74, 6) is 0.314. The Morgan fingerprint density at radius 3 is 2.68 bits per heavy atom. The van der Waals surface area contributed by atoms with Crippen molar-refractivity contribution < 1.29 is 17.9 Å². The van der Waals surface area contributed by atoms with Crippen molar-refractivity contribution in [2.45, 2.75) is 13.3 Å². The number of nitrogens with one attached hydrogen (secondary N) is 2. The average molecular weight is 399 g/mol. The third kappa shape index (κ3) is 4.40. The fourth-order valence-electron chi connectivity index (χ4n) is 2.85. The van der Waals surface area contributed by atoms with Crippen LogP contribution in [0.5, 0.6) is 5.75 Å². The van der Waals surface area contributed by atoms with Crippen molar-refractivity contribution in [3.05, 3.63) is 60.3 Å². The molecule has 8 heteroatoms. The predicted molar refractivity (Wildman–Crippen MR) is 110 cm³/mol. The molecule has 1 heterocycles. The van der Waals surface area contributed by atoms with E-state index in [1.54, 1.807) is 56.6 Å². The van der Waals surface area contributed by atoms with Gasteiger partial charge in [0.1, 0.15) is 5.75 Å². The summed E-state index contributed by atoms with van der Waals surface area (Å²) in [6.07, 6.45) is 2.12. The van der Waals surface area contributed by atoms with Gasteiger partial charge in [-0.05, 0) is 42.8 Å². The lowest BCUT2D eigenvalue weighted by Gasteiger charge is -2.11. The molecule has 1 aromatic heterocycles. The Labute approximate surface area is 163 Å². The molecule has 0 atom stereocenters. The highest BCUT2D eigenvalue weighted by atomic mass is 32.2. The maximum atomic E-state index is 12.7. The van der Waals surface area contributed by atoms with Gasteiger partial charge in [0, 0.05) is 22.8 Å². The van der Waals surface area contributed by atoms with Gasteiger partial charge in [-0.2, -0.15) is 0 Å². The number of hydrogen-bond acceptors (Lipinski definition) is 5. The summed E-state index contributed by atoms with van der Waals surface area (Å²) in [5, 5.41) is 3.61. The molecule has 0 aliphatic rings. The summed E-state index contributed by atoms with van der Waals surface area (Å²) in [4.78, 5) is 17.0. The lowest BCUT2D eigenvalue weighted by atomic mass is 10.1. The van der Waals surface area contributed by atoms with Crippen LogP contribution in [0.4, 0.5) is 11.4 Å². The fraction of sp³-hybridized carbons (Fsp3) is 0.200. The number of carbonyl (C=O) groups is 1. The fourth-order valence-corrected chi connectivity index (χ4v) is 3.97. The second kappa shape index (κ2) is 8.26. The largest absolute Gasteiger partial charge is 0.496 e. The summed E-state index contributed by atoms with van der Waals surface area (Å²) >= 11 is 0. The number of benzene rings is 2. The Kier molecular flexibility index (Phi) is 5.79. The quantitative estimate of drug-likeness (QED) is 0.632. The zero-order valence-corrected chi connectivity index (χ0v) is 16.4. The average Bonchev–Trinajstić information content (AvgIpc) is 2.67. The number of aromatic nitrogens is 1. The van der Waals surface area contributed by atoms with E-state index in [2.05, 4.69) is 15.0 Å². The van der Waals surface area contributed by atoms with E-state index in [9.17, 15) is 13.2 Å². The first-order valence-corrected chi connectivity index (χ1v) is 10.4. The van der Waals surface area contributed by atoms with Crippen LogP contribution in [0.1, 0.15) is 23.7 Å². The number of pyridine rings is 1. The second-order valence-electron chi connectivity index (χ2n) is 6.17. The predicted octanol–water partition coefficient (Wildman–Crippen LogP) is 3.65. The molecule has 146 valence electrons. The number of anilines is 2. The number of ether oxygens (including phenoxy) is 1. The second-order valence-corrected chi connectivity index (χ2v) is 8.01. The minimum atomic E-state index is -3.43. The van der Waals surface area contributed by atoms with Crippen LogP contribution in [0, 0.1) is 0 Å². The van der Waals surface area contributed by atoms with Gasteiger partial charge in [0.2, 0.25) is 10.0 Å². The number of methoxy groups -OCH3 is 1. The van der Waals surface area contributed by atoms with Gasteiger partial charge >= 0.3 is 0 Å². The molecule has 2 N–H and O–H groups in total. The highest BCUT2D eigenvalue weighted by Crippen LogP contribution is 2.29. The summed E-state index contributed by atoms with van der Waals surface area (Å²) in [5.41, 5.74) is 1.82. The summed E-state index contributed by atoms with van der Waals surface area (Å²) in [6, 6.07) is 13.5. The zero-order chi connectivity index (χ0) is 20.1. The first-order chi connectivity index (χ1) is 13.4. The van der Waals surface area contributed by atoms with E-state index in [0.717, 1.165) is 5.39 Å². The Morgan fingerprint density at radius 1 is 1.14 bits per heavy atom. The Balaban J connectivity index is 1.86. The van der Waals surface area contributed by atoms with Crippen LogP contribution in [0.15, 0.2) is 54.7 Å². The van der Waals surface area contributed by atoms with Crippen LogP contribution in [-0.2, 0) is 10.0 Å². The lowest BCUT2D eigenvalue weighted by Crippen LogP contribution is -2.17. The minimum absolute atomic E-state index is 0.0208. The number of fused-ring (bicyclic) bond motifs is 1. The van der Waals surface area contributed by atoms with Gasteiger partial charge < -0.3 is 10.1 Å². The van der Waals surface area contributed by atoms with Crippen LogP contribution in [0.3, 0.4) is 0 Å². The van der Waals surface area contributed by atoms with Gasteiger partial charge in [-0.1, -0.05) is 19.1 Å². The molecule has 3 aromatic rings. The molecule has 0 saturated carbocycles. The molecule has 0 spiro atoms. The van der Waals surface area contributed by atoms with Crippen molar-refractivity contribution in [1.82, 2.24) is 4.98 Å². The van der Waals surface area contributed by atoms with Crippen molar-refractivity contribution in [3.8, 4) is 5.75 Å². The Morgan fingerprint density at radius 2 is 1.93 bits per heavy atom. The van der Waals surface area contributed by atoms with E-state index < -0.39 is 10.0 Å². The monoisotopic (exact) mass is 399 g/mol. The molecule has 7 nitrogen and oxygen atoms in total. The van der Waals surface area contributed by atoms with E-state index in [0.29, 0.717) is 34.6 Å².